The fourth-order valence-corrected chi connectivity index (χ4v) is 7.39. The standard InChI is InChI=1S/C46H29NO2/c1-3-12-30(13-4-1)32-24-26-36(27-25-32)47(35-16-5-2-6-17-35)39-19-11-21-41-44(39)38-29-42-45(37-18-9-10-20-40(37)48-42)43(46(38)49-41)34-23-22-31-14-7-8-15-33(31)28-34/h1-29H. The van der Waals surface area contributed by atoms with Crippen LogP contribution < -0.4 is 4.90 Å². The summed E-state index contributed by atoms with van der Waals surface area (Å²) in [6.07, 6.45) is 0. The van der Waals surface area contributed by atoms with E-state index in [2.05, 4.69) is 169 Å². The van der Waals surface area contributed by atoms with Crippen molar-refractivity contribution < 1.29 is 8.83 Å². The maximum Gasteiger partial charge on any atom is 0.144 e. The van der Waals surface area contributed by atoms with E-state index in [1.165, 1.54) is 21.9 Å². The number of rotatable bonds is 5. The van der Waals surface area contributed by atoms with Crippen LogP contribution in [0.3, 0.4) is 0 Å². The number of hydrogen-bond acceptors (Lipinski definition) is 3. The normalized spacial score (nSPS) is 11.7. The van der Waals surface area contributed by atoms with Gasteiger partial charge in [0.15, 0.2) is 0 Å². The molecule has 10 rings (SSSR count). The van der Waals surface area contributed by atoms with Crippen LogP contribution in [0.1, 0.15) is 0 Å². The third kappa shape index (κ3) is 4.44. The van der Waals surface area contributed by atoms with Crippen LogP contribution in [0.15, 0.2) is 185 Å². The average Bonchev–Trinajstić information content (AvgIpc) is 3.73. The molecule has 0 amide bonds. The summed E-state index contributed by atoms with van der Waals surface area (Å²) >= 11 is 0. The molecule has 0 radical (unpaired) electrons. The smallest absolute Gasteiger partial charge is 0.144 e. The van der Waals surface area contributed by atoms with Crippen molar-refractivity contribution in [2.75, 3.05) is 4.90 Å². The lowest BCUT2D eigenvalue weighted by atomic mass is 9.94. The number of fused-ring (bicyclic) bond motifs is 7. The van der Waals surface area contributed by atoms with E-state index in [-0.39, 0.29) is 0 Å². The van der Waals surface area contributed by atoms with Crippen molar-refractivity contribution in [3.63, 3.8) is 0 Å². The maximum atomic E-state index is 6.95. The second kappa shape index (κ2) is 11.0. The zero-order valence-electron chi connectivity index (χ0n) is 26.5. The van der Waals surface area contributed by atoms with E-state index in [1.54, 1.807) is 0 Å². The Balaban J connectivity index is 1.27. The monoisotopic (exact) mass is 627 g/mol. The van der Waals surface area contributed by atoms with Crippen molar-refractivity contribution in [1.29, 1.82) is 0 Å². The zero-order valence-corrected chi connectivity index (χ0v) is 26.5. The minimum absolute atomic E-state index is 0.827. The molecule has 0 saturated carbocycles. The Morgan fingerprint density at radius 2 is 1.02 bits per heavy atom. The molecule has 0 N–H and O–H groups in total. The Morgan fingerprint density at radius 3 is 1.86 bits per heavy atom. The number of benzene rings is 8. The van der Waals surface area contributed by atoms with E-state index in [0.29, 0.717) is 0 Å². The molecule has 0 unspecified atom stereocenters. The van der Waals surface area contributed by atoms with E-state index in [9.17, 15) is 0 Å². The van der Waals surface area contributed by atoms with E-state index in [4.69, 9.17) is 8.83 Å². The number of furan rings is 2. The minimum atomic E-state index is 0.827. The van der Waals surface area contributed by atoms with Crippen molar-refractivity contribution in [2.45, 2.75) is 0 Å². The summed E-state index contributed by atoms with van der Waals surface area (Å²) in [6, 6.07) is 61.8. The van der Waals surface area contributed by atoms with Crippen LogP contribution in [0.25, 0.3) is 76.9 Å². The Bertz CT molecular complexity index is 2810. The van der Waals surface area contributed by atoms with Gasteiger partial charge in [-0.25, -0.2) is 0 Å². The predicted octanol–water partition coefficient (Wildman–Crippen LogP) is 13.4. The topological polar surface area (TPSA) is 29.5 Å². The molecule has 0 bridgehead atoms. The molecule has 0 fully saturated rings. The van der Waals surface area contributed by atoms with Gasteiger partial charge in [-0.1, -0.05) is 121 Å². The molecule has 8 aromatic carbocycles. The lowest BCUT2D eigenvalue weighted by molar-refractivity contribution is 0.664. The van der Waals surface area contributed by atoms with Gasteiger partial charge in [0.1, 0.15) is 22.3 Å². The van der Waals surface area contributed by atoms with Crippen molar-refractivity contribution in [3.8, 4) is 22.3 Å². The third-order valence-electron chi connectivity index (χ3n) is 9.63. The van der Waals surface area contributed by atoms with Crippen LogP contribution >= 0.6 is 0 Å². The van der Waals surface area contributed by atoms with E-state index in [1.807, 2.05) is 12.1 Å². The van der Waals surface area contributed by atoms with E-state index in [0.717, 1.165) is 72.1 Å². The highest BCUT2D eigenvalue weighted by Gasteiger charge is 2.24. The molecule has 0 aliphatic carbocycles. The quantitative estimate of drug-likeness (QED) is 0.190. The number of anilines is 3. The number of para-hydroxylation sites is 2. The van der Waals surface area contributed by atoms with Gasteiger partial charge in [0.2, 0.25) is 0 Å². The molecule has 0 aliphatic rings. The van der Waals surface area contributed by atoms with Gasteiger partial charge in [-0.05, 0) is 82.1 Å². The van der Waals surface area contributed by atoms with Gasteiger partial charge >= 0.3 is 0 Å². The van der Waals surface area contributed by atoms with Crippen LogP contribution in [-0.2, 0) is 0 Å². The largest absolute Gasteiger partial charge is 0.456 e. The average molecular weight is 628 g/mol. The van der Waals surface area contributed by atoms with Crippen LogP contribution in [0, 0.1) is 0 Å². The second-order valence-corrected chi connectivity index (χ2v) is 12.5. The highest BCUT2D eigenvalue weighted by molar-refractivity contribution is 6.25. The molecule has 3 heteroatoms. The summed E-state index contributed by atoms with van der Waals surface area (Å²) in [4.78, 5) is 2.32. The Morgan fingerprint density at radius 1 is 0.367 bits per heavy atom. The molecule has 3 nitrogen and oxygen atoms in total. The van der Waals surface area contributed by atoms with E-state index >= 15 is 0 Å². The first-order chi connectivity index (χ1) is 24.3. The first-order valence-corrected chi connectivity index (χ1v) is 16.6. The molecule has 0 saturated heterocycles. The number of hydrogen-bond donors (Lipinski definition) is 0. The molecule has 0 aliphatic heterocycles. The van der Waals surface area contributed by atoms with Crippen molar-refractivity contribution in [2.24, 2.45) is 0 Å². The van der Waals surface area contributed by atoms with Gasteiger partial charge in [0.25, 0.3) is 0 Å². The SMILES string of the molecule is c1ccc(-c2ccc(N(c3ccccc3)c3cccc4oc5c(-c6ccc7ccccc7c6)c6c(cc5c34)oc3ccccc36)cc2)cc1. The lowest BCUT2D eigenvalue weighted by Gasteiger charge is -2.26. The molecule has 2 heterocycles. The van der Waals surface area contributed by atoms with Crippen LogP contribution in [0.5, 0.6) is 0 Å². The van der Waals surface area contributed by atoms with Crippen LogP contribution in [0.2, 0.25) is 0 Å². The minimum Gasteiger partial charge on any atom is -0.456 e. The van der Waals surface area contributed by atoms with Gasteiger partial charge < -0.3 is 13.7 Å². The Kier molecular flexibility index (Phi) is 6.18. The van der Waals surface area contributed by atoms with Gasteiger partial charge in [-0.3, -0.25) is 0 Å². The van der Waals surface area contributed by atoms with E-state index < -0.39 is 0 Å². The molecule has 10 aromatic rings. The van der Waals surface area contributed by atoms with Gasteiger partial charge in [-0.2, -0.15) is 0 Å². The maximum absolute atomic E-state index is 6.95. The number of nitrogens with zero attached hydrogens (tertiary/aromatic N) is 1. The summed E-state index contributed by atoms with van der Waals surface area (Å²) in [5, 5.41) is 6.59. The molecular weight excluding hydrogens is 599 g/mol. The fraction of sp³-hybridized carbons (Fsp3) is 0. The summed E-state index contributed by atoms with van der Waals surface area (Å²) in [7, 11) is 0. The van der Waals surface area contributed by atoms with Crippen LogP contribution in [-0.4, -0.2) is 0 Å². The first kappa shape index (κ1) is 27.5. The zero-order chi connectivity index (χ0) is 32.3. The second-order valence-electron chi connectivity index (χ2n) is 12.5. The fourth-order valence-electron chi connectivity index (χ4n) is 7.39. The Labute approximate surface area is 282 Å². The van der Waals surface area contributed by atoms with Crippen LogP contribution in [0.4, 0.5) is 17.1 Å². The van der Waals surface area contributed by atoms with Gasteiger partial charge in [0, 0.05) is 33.1 Å². The molecule has 49 heavy (non-hydrogen) atoms. The molecule has 230 valence electrons. The lowest BCUT2D eigenvalue weighted by Crippen LogP contribution is -2.10. The van der Waals surface area contributed by atoms with Gasteiger partial charge in [0.05, 0.1) is 11.1 Å². The molecule has 2 aromatic heterocycles. The predicted molar refractivity (Wildman–Crippen MR) is 204 cm³/mol. The third-order valence-corrected chi connectivity index (χ3v) is 9.63. The van der Waals surface area contributed by atoms with Crippen molar-refractivity contribution in [1.82, 2.24) is 0 Å². The van der Waals surface area contributed by atoms with Crippen molar-refractivity contribution in [3.05, 3.63) is 176 Å². The summed E-state index contributed by atoms with van der Waals surface area (Å²) in [5.41, 5.74) is 11.1. The first-order valence-electron chi connectivity index (χ1n) is 16.6. The Hall–Kier alpha value is -6.58. The summed E-state index contributed by atoms with van der Waals surface area (Å²) in [5.74, 6) is 0. The molecule has 0 atom stereocenters. The highest BCUT2D eigenvalue weighted by Crippen LogP contribution is 2.49. The van der Waals surface area contributed by atoms with Gasteiger partial charge in [-0.15, -0.1) is 0 Å². The molecular formula is C46H29NO2. The highest BCUT2D eigenvalue weighted by atomic mass is 16.3. The summed E-state index contributed by atoms with van der Waals surface area (Å²) < 4.78 is 13.5. The molecule has 0 spiro atoms. The van der Waals surface area contributed by atoms with Crippen molar-refractivity contribution >= 4 is 71.7 Å². The summed E-state index contributed by atoms with van der Waals surface area (Å²) in [6.45, 7) is 0.